The second-order valence-corrected chi connectivity index (χ2v) is 7.08. The standard InChI is InChI=1S/C13H12BrClN2O3S/c1-20-13-6-8(2-4-10(13)14)17-21(18,19)9-3-5-11(15)12(16)7-9/h2-7,17H,16H2,1H3. The van der Waals surface area contributed by atoms with Gasteiger partial charge in [0.15, 0.2) is 0 Å². The van der Waals surface area contributed by atoms with Crippen molar-refractivity contribution in [3.63, 3.8) is 0 Å². The molecule has 5 nitrogen and oxygen atoms in total. The van der Waals surface area contributed by atoms with Crippen molar-refractivity contribution in [2.75, 3.05) is 17.6 Å². The maximum Gasteiger partial charge on any atom is 0.261 e. The van der Waals surface area contributed by atoms with Gasteiger partial charge >= 0.3 is 0 Å². The lowest BCUT2D eigenvalue weighted by Crippen LogP contribution is -2.13. The summed E-state index contributed by atoms with van der Waals surface area (Å²) in [6.45, 7) is 0. The van der Waals surface area contributed by atoms with E-state index in [0.717, 1.165) is 4.47 Å². The number of hydrogen-bond donors (Lipinski definition) is 2. The molecule has 0 aliphatic carbocycles. The van der Waals surface area contributed by atoms with E-state index in [-0.39, 0.29) is 10.6 Å². The number of methoxy groups -OCH3 is 1. The van der Waals surface area contributed by atoms with Gasteiger partial charge in [-0.3, -0.25) is 4.72 Å². The molecule has 0 aliphatic heterocycles. The number of nitrogens with one attached hydrogen (secondary N) is 1. The lowest BCUT2D eigenvalue weighted by atomic mass is 10.3. The number of halogens is 2. The van der Waals surface area contributed by atoms with Crippen LogP contribution in [-0.4, -0.2) is 15.5 Å². The molecule has 0 amide bonds. The Morgan fingerprint density at radius 1 is 1.24 bits per heavy atom. The van der Waals surface area contributed by atoms with Crippen LogP contribution in [-0.2, 0) is 10.0 Å². The first kappa shape index (κ1) is 15.9. The smallest absolute Gasteiger partial charge is 0.261 e. The molecule has 2 aromatic carbocycles. The van der Waals surface area contributed by atoms with Gasteiger partial charge in [-0.15, -0.1) is 0 Å². The molecule has 0 aliphatic rings. The van der Waals surface area contributed by atoms with Crippen molar-refractivity contribution in [1.29, 1.82) is 0 Å². The number of sulfonamides is 1. The van der Waals surface area contributed by atoms with Crippen molar-refractivity contribution in [1.82, 2.24) is 0 Å². The van der Waals surface area contributed by atoms with Gasteiger partial charge in [-0.2, -0.15) is 0 Å². The van der Waals surface area contributed by atoms with Crippen LogP contribution in [0.25, 0.3) is 0 Å². The number of nitrogens with two attached hydrogens (primary N) is 1. The van der Waals surface area contributed by atoms with Gasteiger partial charge in [-0.1, -0.05) is 11.6 Å². The van der Waals surface area contributed by atoms with Gasteiger partial charge in [-0.05, 0) is 46.3 Å². The molecule has 0 bridgehead atoms. The minimum absolute atomic E-state index is 0.0336. The Labute approximate surface area is 136 Å². The Bertz CT molecular complexity index is 781. The summed E-state index contributed by atoms with van der Waals surface area (Å²) >= 11 is 9.09. The molecule has 0 unspecified atom stereocenters. The minimum atomic E-state index is -3.75. The third-order valence-electron chi connectivity index (χ3n) is 2.68. The van der Waals surface area contributed by atoms with Gasteiger partial charge in [0.05, 0.1) is 32.9 Å². The molecule has 0 heterocycles. The molecule has 2 rings (SSSR count). The van der Waals surface area contributed by atoms with Gasteiger partial charge in [0, 0.05) is 6.07 Å². The molecule has 3 N–H and O–H groups in total. The van der Waals surface area contributed by atoms with Crippen LogP contribution < -0.4 is 15.2 Å². The summed E-state index contributed by atoms with van der Waals surface area (Å²) in [6, 6.07) is 9.00. The van der Waals surface area contributed by atoms with E-state index in [2.05, 4.69) is 20.7 Å². The van der Waals surface area contributed by atoms with Gasteiger partial charge in [0.2, 0.25) is 0 Å². The average Bonchev–Trinajstić information content (AvgIpc) is 2.43. The highest BCUT2D eigenvalue weighted by Gasteiger charge is 2.16. The largest absolute Gasteiger partial charge is 0.495 e. The molecule has 0 radical (unpaired) electrons. The van der Waals surface area contributed by atoms with Crippen LogP contribution in [0.2, 0.25) is 5.02 Å². The molecule has 2 aromatic rings. The zero-order chi connectivity index (χ0) is 15.6. The zero-order valence-corrected chi connectivity index (χ0v) is 14.1. The topological polar surface area (TPSA) is 81.4 Å². The second-order valence-electron chi connectivity index (χ2n) is 4.14. The van der Waals surface area contributed by atoms with Crippen LogP contribution >= 0.6 is 27.5 Å². The quantitative estimate of drug-likeness (QED) is 0.782. The number of anilines is 2. The van der Waals surface area contributed by atoms with Crippen molar-refractivity contribution in [3.05, 3.63) is 45.9 Å². The first-order valence-corrected chi connectivity index (χ1v) is 8.40. The van der Waals surface area contributed by atoms with Crippen LogP contribution in [0.3, 0.4) is 0 Å². The molecule has 0 saturated heterocycles. The molecule has 0 saturated carbocycles. The Hall–Kier alpha value is -1.44. The second kappa shape index (κ2) is 6.13. The molecule has 112 valence electrons. The Morgan fingerprint density at radius 3 is 2.57 bits per heavy atom. The summed E-state index contributed by atoms with van der Waals surface area (Å²) in [5.41, 5.74) is 6.21. The number of rotatable bonds is 4. The fraction of sp³-hybridized carbons (Fsp3) is 0.0769. The van der Waals surface area contributed by atoms with E-state index < -0.39 is 10.0 Å². The van der Waals surface area contributed by atoms with E-state index in [4.69, 9.17) is 22.1 Å². The first-order valence-electron chi connectivity index (χ1n) is 5.75. The summed E-state index contributed by atoms with van der Waals surface area (Å²) in [4.78, 5) is 0.0336. The predicted octanol–water partition coefficient (Wildman–Crippen LogP) is 3.49. The fourth-order valence-corrected chi connectivity index (χ4v) is 3.24. The van der Waals surface area contributed by atoms with Gasteiger partial charge in [-0.25, -0.2) is 8.42 Å². The predicted molar refractivity (Wildman–Crippen MR) is 87.4 cm³/mol. The SMILES string of the molecule is COc1cc(NS(=O)(=O)c2ccc(Cl)c(N)c2)ccc1Br. The third-order valence-corrected chi connectivity index (χ3v) is 5.06. The number of benzene rings is 2. The molecule has 0 aromatic heterocycles. The lowest BCUT2D eigenvalue weighted by Gasteiger charge is -2.11. The summed E-state index contributed by atoms with van der Waals surface area (Å²) in [5.74, 6) is 0.519. The van der Waals surface area contributed by atoms with E-state index in [0.29, 0.717) is 16.5 Å². The zero-order valence-electron chi connectivity index (χ0n) is 10.9. The van der Waals surface area contributed by atoms with E-state index >= 15 is 0 Å². The highest BCUT2D eigenvalue weighted by molar-refractivity contribution is 9.10. The lowest BCUT2D eigenvalue weighted by molar-refractivity contribution is 0.412. The highest BCUT2D eigenvalue weighted by atomic mass is 79.9. The van der Waals surface area contributed by atoms with Gasteiger partial charge < -0.3 is 10.5 Å². The van der Waals surface area contributed by atoms with Crippen LogP contribution in [0.1, 0.15) is 0 Å². The molecule has 0 spiro atoms. The monoisotopic (exact) mass is 390 g/mol. The minimum Gasteiger partial charge on any atom is -0.495 e. The number of ether oxygens (including phenoxy) is 1. The summed E-state index contributed by atoms with van der Waals surface area (Å²) in [7, 11) is -2.25. The van der Waals surface area contributed by atoms with Crippen molar-refractivity contribution >= 4 is 48.9 Å². The summed E-state index contributed by atoms with van der Waals surface area (Å²) in [6.07, 6.45) is 0. The molecular formula is C13H12BrClN2O3S. The molecule has 21 heavy (non-hydrogen) atoms. The fourth-order valence-electron chi connectivity index (χ4n) is 1.63. The highest BCUT2D eigenvalue weighted by Crippen LogP contribution is 2.29. The summed E-state index contributed by atoms with van der Waals surface area (Å²) < 4.78 is 32.9. The normalized spacial score (nSPS) is 11.2. The van der Waals surface area contributed by atoms with Crippen LogP contribution in [0.5, 0.6) is 5.75 Å². The Balaban J connectivity index is 2.35. The van der Waals surface area contributed by atoms with Crippen molar-refractivity contribution in [2.45, 2.75) is 4.90 Å². The van der Waals surface area contributed by atoms with Crippen LogP contribution in [0.4, 0.5) is 11.4 Å². The van der Waals surface area contributed by atoms with Gasteiger partial charge in [0.25, 0.3) is 10.0 Å². The average molecular weight is 392 g/mol. The number of nitrogen functional groups attached to an aromatic ring is 1. The molecular weight excluding hydrogens is 380 g/mol. The molecule has 0 fully saturated rings. The molecule has 8 heteroatoms. The maximum absolute atomic E-state index is 12.3. The Kier molecular flexibility index (Phi) is 4.65. The van der Waals surface area contributed by atoms with Crippen molar-refractivity contribution in [2.24, 2.45) is 0 Å². The van der Waals surface area contributed by atoms with Gasteiger partial charge in [0.1, 0.15) is 5.75 Å². The van der Waals surface area contributed by atoms with Crippen LogP contribution in [0, 0.1) is 0 Å². The van der Waals surface area contributed by atoms with Crippen molar-refractivity contribution in [3.8, 4) is 5.75 Å². The van der Waals surface area contributed by atoms with E-state index in [1.807, 2.05) is 0 Å². The van der Waals surface area contributed by atoms with Crippen molar-refractivity contribution < 1.29 is 13.2 Å². The Morgan fingerprint density at radius 2 is 1.95 bits per heavy atom. The van der Waals surface area contributed by atoms with E-state index in [1.54, 1.807) is 18.2 Å². The van der Waals surface area contributed by atoms with Crippen LogP contribution in [0.15, 0.2) is 45.8 Å². The number of hydrogen-bond acceptors (Lipinski definition) is 4. The van der Waals surface area contributed by atoms with E-state index in [9.17, 15) is 8.42 Å². The third kappa shape index (κ3) is 3.61. The molecule has 0 atom stereocenters. The summed E-state index contributed by atoms with van der Waals surface area (Å²) in [5, 5.41) is 0.305. The maximum atomic E-state index is 12.3. The first-order chi connectivity index (χ1) is 9.83. The van der Waals surface area contributed by atoms with E-state index in [1.165, 1.54) is 25.3 Å².